The Morgan fingerprint density at radius 2 is 1.80 bits per heavy atom. The van der Waals surface area contributed by atoms with E-state index in [-0.39, 0.29) is 5.82 Å². The van der Waals surface area contributed by atoms with E-state index < -0.39 is 0 Å². The first kappa shape index (κ1) is 13.5. The van der Waals surface area contributed by atoms with E-state index in [1.54, 1.807) is 12.1 Å². The Morgan fingerprint density at radius 3 is 2.50 bits per heavy atom. The van der Waals surface area contributed by atoms with Gasteiger partial charge in [0, 0.05) is 15.4 Å². The molecule has 0 radical (unpaired) electrons. The van der Waals surface area contributed by atoms with E-state index in [9.17, 15) is 4.39 Å². The molecular formula is C15H9BrClFN2. The van der Waals surface area contributed by atoms with Crippen molar-refractivity contribution in [1.29, 1.82) is 0 Å². The Labute approximate surface area is 128 Å². The number of fused-ring (bicyclic) bond motifs is 1. The molecule has 0 saturated heterocycles. The maximum Gasteiger partial charge on any atom is 0.161 e. The first-order chi connectivity index (χ1) is 9.54. The van der Waals surface area contributed by atoms with Gasteiger partial charge in [0.1, 0.15) is 11.0 Å². The number of hydrogen-bond acceptors (Lipinski definition) is 2. The maximum absolute atomic E-state index is 13.0. The summed E-state index contributed by atoms with van der Waals surface area (Å²) in [7, 11) is 0. The van der Waals surface area contributed by atoms with Crippen LogP contribution in [-0.4, -0.2) is 9.97 Å². The van der Waals surface area contributed by atoms with E-state index in [1.807, 2.05) is 19.1 Å². The largest absolute Gasteiger partial charge is 0.227 e. The Kier molecular flexibility index (Phi) is 3.44. The molecule has 2 aromatic carbocycles. The summed E-state index contributed by atoms with van der Waals surface area (Å²) in [6, 6.07) is 9.93. The molecule has 0 saturated carbocycles. The fourth-order valence-electron chi connectivity index (χ4n) is 2.02. The van der Waals surface area contributed by atoms with Gasteiger partial charge in [0.15, 0.2) is 5.82 Å². The fraction of sp³-hybridized carbons (Fsp3) is 0.0667. The van der Waals surface area contributed by atoms with Gasteiger partial charge in [-0.25, -0.2) is 14.4 Å². The lowest BCUT2D eigenvalue weighted by Crippen LogP contribution is -1.93. The molecule has 2 nitrogen and oxygen atoms in total. The van der Waals surface area contributed by atoms with Crippen LogP contribution in [0, 0.1) is 12.7 Å². The van der Waals surface area contributed by atoms with E-state index in [2.05, 4.69) is 25.9 Å². The summed E-state index contributed by atoms with van der Waals surface area (Å²) in [4.78, 5) is 8.81. The third-order valence-corrected chi connectivity index (χ3v) is 3.85. The minimum absolute atomic E-state index is 0.294. The van der Waals surface area contributed by atoms with Gasteiger partial charge in [-0.2, -0.15) is 0 Å². The first-order valence-electron chi connectivity index (χ1n) is 5.94. The third-order valence-electron chi connectivity index (χ3n) is 2.95. The molecule has 1 aromatic heterocycles. The Hall–Kier alpha value is -1.52. The van der Waals surface area contributed by atoms with Gasteiger partial charge < -0.3 is 0 Å². The van der Waals surface area contributed by atoms with Crippen LogP contribution in [0.3, 0.4) is 0 Å². The second kappa shape index (κ2) is 5.11. The lowest BCUT2D eigenvalue weighted by molar-refractivity contribution is 0.628. The minimum Gasteiger partial charge on any atom is -0.227 e. The van der Waals surface area contributed by atoms with Gasteiger partial charge in [0.05, 0.1) is 5.52 Å². The molecule has 0 N–H and O–H groups in total. The van der Waals surface area contributed by atoms with Crippen molar-refractivity contribution in [1.82, 2.24) is 9.97 Å². The molecule has 100 valence electrons. The van der Waals surface area contributed by atoms with Crippen LogP contribution in [-0.2, 0) is 0 Å². The van der Waals surface area contributed by atoms with Gasteiger partial charge in [-0.1, -0.05) is 11.6 Å². The molecule has 0 aliphatic carbocycles. The number of aryl methyl sites for hydroxylation is 1. The number of halogens is 3. The molecule has 0 bridgehead atoms. The lowest BCUT2D eigenvalue weighted by atomic mass is 10.1. The van der Waals surface area contributed by atoms with Crippen LogP contribution in [0.5, 0.6) is 0 Å². The van der Waals surface area contributed by atoms with Crippen LogP contribution < -0.4 is 0 Å². The summed E-state index contributed by atoms with van der Waals surface area (Å²) in [5.41, 5.74) is 2.54. The van der Waals surface area contributed by atoms with Gasteiger partial charge in [-0.3, -0.25) is 0 Å². The van der Waals surface area contributed by atoms with E-state index in [0.717, 1.165) is 26.5 Å². The zero-order valence-electron chi connectivity index (χ0n) is 10.5. The predicted molar refractivity (Wildman–Crippen MR) is 82.4 cm³/mol. The highest BCUT2D eigenvalue weighted by Gasteiger charge is 2.11. The highest BCUT2D eigenvalue weighted by Crippen LogP contribution is 2.30. The summed E-state index contributed by atoms with van der Waals surface area (Å²) >= 11 is 9.73. The average Bonchev–Trinajstić information content (AvgIpc) is 2.40. The Balaban J connectivity index is 2.26. The Bertz CT molecular complexity index is 803. The van der Waals surface area contributed by atoms with E-state index in [1.165, 1.54) is 12.1 Å². The maximum atomic E-state index is 13.0. The lowest BCUT2D eigenvalue weighted by Gasteiger charge is -2.07. The molecular weight excluding hydrogens is 343 g/mol. The van der Waals surface area contributed by atoms with Crippen molar-refractivity contribution >= 4 is 38.4 Å². The van der Waals surface area contributed by atoms with Crippen LogP contribution >= 0.6 is 27.5 Å². The summed E-state index contributed by atoms with van der Waals surface area (Å²) in [6.07, 6.45) is 0. The van der Waals surface area contributed by atoms with Crippen LogP contribution in [0.15, 0.2) is 40.9 Å². The van der Waals surface area contributed by atoms with Crippen molar-refractivity contribution in [3.63, 3.8) is 0 Å². The second-order valence-corrected chi connectivity index (χ2v) is 5.70. The standard InChI is InChI=1S/C15H9BrClFN2/c1-8-6-11-13(12(16)7-8)19-15(20-14(11)17)9-2-4-10(18)5-3-9/h2-7H,1H3. The molecule has 20 heavy (non-hydrogen) atoms. The SMILES string of the molecule is Cc1cc(Br)c2nc(-c3ccc(F)cc3)nc(Cl)c2c1. The molecule has 0 aliphatic rings. The molecule has 1 heterocycles. The molecule has 0 aliphatic heterocycles. The average molecular weight is 352 g/mol. The van der Waals surface area contributed by atoms with Crippen LogP contribution in [0.2, 0.25) is 5.15 Å². The summed E-state index contributed by atoms with van der Waals surface area (Å²) in [6.45, 7) is 1.98. The zero-order valence-corrected chi connectivity index (χ0v) is 12.8. The van der Waals surface area contributed by atoms with Crippen molar-refractivity contribution in [2.75, 3.05) is 0 Å². The van der Waals surface area contributed by atoms with Gasteiger partial charge in [-0.15, -0.1) is 0 Å². The van der Waals surface area contributed by atoms with Crippen LogP contribution in [0.1, 0.15) is 5.56 Å². The van der Waals surface area contributed by atoms with Crippen LogP contribution in [0.4, 0.5) is 4.39 Å². The first-order valence-corrected chi connectivity index (χ1v) is 7.11. The zero-order chi connectivity index (χ0) is 14.3. The summed E-state index contributed by atoms with van der Waals surface area (Å²) in [5, 5.41) is 1.18. The Morgan fingerprint density at radius 1 is 1.10 bits per heavy atom. The monoisotopic (exact) mass is 350 g/mol. The molecule has 0 spiro atoms. The topological polar surface area (TPSA) is 25.8 Å². The normalized spacial score (nSPS) is 11.0. The fourth-order valence-corrected chi connectivity index (χ4v) is 2.91. The molecule has 0 fully saturated rings. The molecule has 0 atom stereocenters. The minimum atomic E-state index is -0.294. The van der Waals surface area contributed by atoms with Gasteiger partial charge >= 0.3 is 0 Å². The predicted octanol–water partition coefficient (Wildman–Crippen LogP) is 5.16. The number of benzene rings is 2. The van der Waals surface area contributed by atoms with Crippen LogP contribution in [0.25, 0.3) is 22.3 Å². The van der Waals surface area contributed by atoms with Crippen molar-refractivity contribution in [3.8, 4) is 11.4 Å². The number of nitrogens with zero attached hydrogens (tertiary/aromatic N) is 2. The summed E-state index contributed by atoms with van der Waals surface area (Å²) in [5.74, 6) is 0.185. The molecule has 0 amide bonds. The third kappa shape index (κ3) is 2.41. The number of rotatable bonds is 1. The van der Waals surface area contributed by atoms with Gasteiger partial charge in [0.25, 0.3) is 0 Å². The van der Waals surface area contributed by atoms with Crippen molar-refractivity contribution in [2.45, 2.75) is 6.92 Å². The smallest absolute Gasteiger partial charge is 0.161 e. The van der Waals surface area contributed by atoms with Gasteiger partial charge in [-0.05, 0) is 64.8 Å². The molecule has 3 aromatic rings. The van der Waals surface area contributed by atoms with Gasteiger partial charge in [0.2, 0.25) is 0 Å². The van der Waals surface area contributed by atoms with Crippen molar-refractivity contribution in [2.24, 2.45) is 0 Å². The van der Waals surface area contributed by atoms with Crippen molar-refractivity contribution < 1.29 is 4.39 Å². The quantitative estimate of drug-likeness (QED) is 0.566. The molecule has 5 heteroatoms. The second-order valence-electron chi connectivity index (χ2n) is 4.49. The van der Waals surface area contributed by atoms with E-state index in [0.29, 0.717) is 11.0 Å². The number of hydrogen-bond donors (Lipinski definition) is 0. The van der Waals surface area contributed by atoms with Crippen molar-refractivity contribution in [3.05, 3.63) is 57.4 Å². The molecule has 3 rings (SSSR count). The summed E-state index contributed by atoms with van der Waals surface area (Å²) < 4.78 is 13.8. The molecule has 0 unspecified atom stereocenters. The highest BCUT2D eigenvalue weighted by molar-refractivity contribution is 9.10. The van der Waals surface area contributed by atoms with E-state index in [4.69, 9.17) is 11.6 Å². The number of aromatic nitrogens is 2. The highest BCUT2D eigenvalue weighted by atomic mass is 79.9. The van der Waals surface area contributed by atoms with E-state index >= 15 is 0 Å².